The lowest BCUT2D eigenvalue weighted by Gasteiger charge is -2.07. The van der Waals surface area contributed by atoms with Crippen LogP contribution in [0.2, 0.25) is 0 Å². The van der Waals surface area contributed by atoms with Gasteiger partial charge < -0.3 is 10.1 Å². The Morgan fingerprint density at radius 3 is 2.80 bits per heavy atom. The van der Waals surface area contributed by atoms with Crippen LogP contribution in [0, 0.1) is 0 Å². The Morgan fingerprint density at radius 1 is 1.53 bits per heavy atom. The molecule has 80 valence electrons. The van der Waals surface area contributed by atoms with E-state index >= 15 is 0 Å². The maximum absolute atomic E-state index is 12.6. The first-order valence-corrected chi connectivity index (χ1v) is 4.80. The molecule has 4 heteroatoms. The van der Waals surface area contributed by atoms with Gasteiger partial charge in [-0.1, -0.05) is 12.1 Å². The Balaban J connectivity index is 2.10. The van der Waals surface area contributed by atoms with Crippen LogP contribution in [0.4, 0.5) is 4.39 Å². The molecule has 0 unspecified atom stereocenters. The van der Waals surface area contributed by atoms with Gasteiger partial charge in [-0.25, -0.2) is 4.39 Å². The van der Waals surface area contributed by atoms with E-state index < -0.39 is 6.17 Å². The second-order valence-corrected chi connectivity index (χ2v) is 3.53. The minimum Gasteiger partial charge on any atom is -0.496 e. The van der Waals surface area contributed by atoms with Crippen molar-refractivity contribution in [1.82, 2.24) is 5.32 Å². The Kier molecular flexibility index (Phi) is 2.58. The van der Waals surface area contributed by atoms with E-state index in [1.807, 2.05) is 0 Å². The third-order valence-corrected chi connectivity index (χ3v) is 2.38. The Bertz CT molecular complexity index is 381. The summed E-state index contributed by atoms with van der Waals surface area (Å²) >= 11 is 0. The molecule has 1 fully saturated rings. The van der Waals surface area contributed by atoms with E-state index in [4.69, 9.17) is 4.74 Å². The molecule has 1 saturated carbocycles. The molecule has 2 atom stereocenters. The number of halogens is 1. The summed E-state index contributed by atoms with van der Waals surface area (Å²) in [6.45, 7) is 0. The Hall–Kier alpha value is -1.58. The van der Waals surface area contributed by atoms with E-state index in [1.54, 1.807) is 24.3 Å². The van der Waals surface area contributed by atoms with Gasteiger partial charge >= 0.3 is 0 Å². The van der Waals surface area contributed by atoms with Crippen molar-refractivity contribution in [3.05, 3.63) is 29.8 Å². The third kappa shape index (κ3) is 2.09. The van der Waals surface area contributed by atoms with Gasteiger partial charge in [-0.3, -0.25) is 4.79 Å². The van der Waals surface area contributed by atoms with Crippen molar-refractivity contribution < 1.29 is 13.9 Å². The quantitative estimate of drug-likeness (QED) is 0.820. The van der Waals surface area contributed by atoms with E-state index in [0.717, 1.165) is 0 Å². The van der Waals surface area contributed by atoms with Crippen LogP contribution in [0.1, 0.15) is 16.8 Å². The van der Waals surface area contributed by atoms with E-state index in [9.17, 15) is 9.18 Å². The molecule has 3 nitrogen and oxygen atoms in total. The number of hydrogen-bond donors (Lipinski definition) is 1. The number of alkyl halides is 1. The number of nitrogens with one attached hydrogen (secondary N) is 1. The van der Waals surface area contributed by atoms with Gasteiger partial charge in [0.2, 0.25) is 0 Å². The number of methoxy groups -OCH3 is 1. The summed E-state index contributed by atoms with van der Waals surface area (Å²) in [5.41, 5.74) is 0.444. The molecule has 0 heterocycles. The average molecular weight is 209 g/mol. The smallest absolute Gasteiger partial charge is 0.255 e. The number of rotatable bonds is 3. The molecule has 1 aromatic rings. The van der Waals surface area contributed by atoms with Crippen LogP contribution in [0.5, 0.6) is 5.75 Å². The number of para-hydroxylation sites is 1. The second kappa shape index (κ2) is 3.88. The molecule has 0 aromatic heterocycles. The highest BCUT2D eigenvalue weighted by Crippen LogP contribution is 2.26. The van der Waals surface area contributed by atoms with Crippen LogP contribution in [-0.4, -0.2) is 25.2 Å². The van der Waals surface area contributed by atoms with Gasteiger partial charge in [-0.05, 0) is 12.1 Å². The van der Waals surface area contributed by atoms with Gasteiger partial charge in [0.15, 0.2) is 0 Å². The average Bonchev–Trinajstić information content (AvgIpc) is 2.94. The zero-order chi connectivity index (χ0) is 10.8. The van der Waals surface area contributed by atoms with E-state index in [1.165, 1.54) is 7.11 Å². The number of ether oxygens (including phenoxy) is 1. The summed E-state index contributed by atoms with van der Waals surface area (Å²) in [6, 6.07) is 6.57. The van der Waals surface area contributed by atoms with Crippen molar-refractivity contribution in [2.24, 2.45) is 0 Å². The Morgan fingerprint density at radius 2 is 2.20 bits per heavy atom. The minimum absolute atomic E-state index is 0.280. The number of hydrogen-bond acceptors (Lipinski definition) is 2. The molecule has 2 rings (SSSR count). The molecule has 0 bridgehead atoms. The number of amides is 1. The van der Waals surface area contributed by atoms with Crippen LogP contribution in [-0.2, 0) is 0 Å². The fraction of sp³-hybridized carbons (Fsp3) is 0.364. The number of carbonyl (C=O) groups excluding carboxylic acids is 1. The van der Waals surface area contributed by atoms with Crippen molar-refractivity contribution in [3.63, 3.8) is 0 Å². The van der Waals surface area contributed by atoms with Gasteiger partial charge in [0.25, 0.3) is 5.91 Å². The van der Waals surface area contributed by atoms with Gasteiger partial charge in [0.05, 0.1) is 18.7 Å². The molecule has 0 spiro atoms. The normalized spacial score (nSPS) is 23.3. The fourth-order valence-electron chi connectivity index (χ4n) is 1.39. The molecule has 15 heavy (non-hydrogen) atoms. The lowest BCUT2D eigenvalue weighted by atomic mass is 10.2. The molecule has 1 aliphatic rings. The summed E-state index contributed by atoms with van der Waals surface area (Å²) in [5, 5.41) is 2.60. The van der Waals surface area contributed by atoms with E-state index in [0.29, 0.717) is 17.7 Å². The maximum Gasteiger partial charge on any atom is 0.255 e. The monoisotopic (exact) mass is 209 g/mol. The maximum atomic E-state index is 12.6. The summed E-state index contributed by atoms with van der Waals surface area (Å²) in [5.74, 6) is 0.226. The highest BCUT2D eigenvalue weighted by Gasteiger charge is 2.39. The molecule has 0 saturated heterocycles. The predicted octanol–water partition coefficient (Wildman–Crippen LogP) is 1.54. The molecular formula is C11H12FNO2. The van der Waals surface area contributed by atoms with Crippen LogP contribution in [0.15, 0.2) is 24.3 Å². The van der Waals surface area contributed by atoms with Crippen LogP contribution in [0.3, 0.4) is 0 Å². The highest BCUT2D eigenvalue weighted by atomic mass is 19.1. The summed E-state index contributed by atoms with van der Waals surface area (Å²) in [6.07, 6.45) is -0.468. The zero-order valence-corrected chi connectivity index (χ0v) is 8.37. The molecule has 1 N–H and O–H groups in total. The first-order chi connectivity index (χ1) is 7.22. The zero-order valence-electron chi connectivity index (χ0n) is 8.37. The van der Waals surface area contributed by atoms with Gasteiger partial charge in [0.1, 0.15) is 11.9 Å². The lowest BCUT2D eigenvalue weighted by Crippen LogP contribution is -2.27. The standard InChI is InChI=1S/C11H12FNO2/c1-15-10-5-3-2-4-7(10)11(14)13-9-6-8(9)12/h2-5,8-9H,6H2,1H3,(H,13,14)/t8-,9+/m1/s1. The highest BCUT2D eigenvalue weighted by molar-refractivity contribution is 5.97. The molecule has 0 radical (unpaired) electrons. The van der Waals surface area contributed by atoms with Gasteiger partial charge in [-0.2, -0.15) is 0 Å². The van der Waals surface area contributed by atoms with Crippen LogP contribution < -0.4 is 10.1 Å². The lowest BCUT2D eigenvalue weighted by molar-refractivity contribution is 0.0944. The van der Waals surface area contributed by atoms with Crippen molar-refractivity contribution in [3.8, 4) is 5.75 Å². The van der Waals surface area contributed by atoms with Crippen molar-refractivity contribution >= 4 is 5.91 Å². The molecular weight excluding hydrogens is 197 g/mol. The number of carbonyl (C=O) groups is 1. The summed E-state index contributed by atoms with van der Waals surface area (Å²) in [7, 11) is 1.50. The van der Waals surface area contributed by atoms with Gasteiger partial charge in [0, 0.05) is 6.42 Å². The summed E-state index contributed by atoms with van der Waals surface area (Å²) in [4.78, 5) is 11.7. The SMILES string of the molecule is COc1ccccc1C(=O)N[C@H]1C[C@H]1F. The summed E-state index contributed by atoms with van der Waals surface area (Å²) < 4.78 is 17.6. The number of benzene rings is 1. The predicted molar refractivity (Wildman–Crippen MR) is 53.8 cm³/mol. The van der Waals surface area contributed by atoms with E-state index in [2.05, 4.69) is 5.32 Å². The first kappa shape index (κ1) is 9.96. The first-order valence-electron chi connectivity index (χ1n) is 4.80. The third-order valence-electron chi connectivity index (χ3n) is 2.38. The van der Waals surface area contributed by atoms with Crippen LogP contribution >= 0.6 is 0 Å². The molecule has 0 aliphatic heterocycles. The topological polar surface area (TPSA) is 38.3 Å². The molecule has 1 aromatic carbocycles. The largest absolute Gasteiger partial charge is 0.496 e. The van der Waals surface area contributed by atoms with Crippen molar-refractivity contribution in [2.75, 3.05) is 7.11 Å². The Labute approximate surface area is 87.2 Å². The van der Waals surface area contributed by atoms with Gasteiger partial charge in [-0.15, -0.1) is 0 Å². The molecule has 1 amide bonds. The fourth-order valence-corrected chi connectivity index (χ4v) is 1.39. The van der Waals surface area contributed by atoms with Crippen molar-refractivity contribution in [1.29, 1.82) is 0 Å². The van der Waals surface area contributed by atoms with Crippen molar-refractivity contribution in [2.45, 2.75) is 18.6 Å². The minimum atomic E-state index is -0.886. The second-order valence-electron chi connectivity index (χ2n) is 3.53. The molecule has 1 aliphatic carbocycles. The van der Waals surface area contributed by atoms with E-state index in [-0.39, 0.29) is 11.9 Å². The van der Waals surface area contributed by atoms with Crippen LogP contribution in [0.25, 0.3) is 0 Å².